The molecule has 5 aliphatic rings. The average molecular weight is 939 g/mol. The van der Waals surface area contributed by atoms with Gasteiger partial charge in [0.15, 0.2) is 15.7 Å². The van der Waals surface area contributed by atoms with Gasteiger partial charge in [0.25, 0.3) is 11.8 Å². The number of fused-ring (bicyclic) bond motifs is 3. The van der Waals surface area contributed by atoms with Gasteiger partial charge in [-0.25, -0.2) is 13.4 Å². The van der Waals surface area contributed by atoms with Crippen molar-refractivity contribution in [1.29, 1.82) is 0 Å². The van der Waals surface area contributed by atoms with Crippen LogP contribution in [0.25, 0.3) is 0 Å². The van der Waals surface area contributed by atoms with E-state index in [-0.39, 0.29) is 40.6 Å². The molecule has 3 unspecified atom stereocenters. The summed E-state index contributed by atoms with van der Waals surface area (Å²) in [4.78, 5) is 69.0. The fraction of sp³-hybridized carbons (Fsp3) is 0.458. The van der Waals surface area contributed by atoms with Crippen LogP contribution in [0.4, 0.5) is 34.5 Å². The minimum atomic E-state index is -3.59. The van der Waals surface area contributed by atoms with Crippen molar-refractivity contribution in [3.63, 3.8) is 0 Å². The first-order chi connectivity index (χ1) is 31.5. The molecule has 5 aliphatic heterocycles. The number of halogens is 1. The van der Waals surface area contributed by atoms with Crippen LogP contribution >= 0.6 is 11.6 Å². The first-order valence-corrected chi connectivity index (χ1v) is 24.8. The van der Waals surface area contributed by atoms with E-state index in [2.05, 4.69) is 53.6 Å². The summed E-state index contributed by atoms with van der Waals surface area (Å²) in [6, 6.07) is 15.9. The number of carbonyl (C=O) groups excluding carboxylic acids is 4. The molecule has 3 atom stereocenters. The Morgan fingerprint density at radius 1 is 0.864 bits per heavy atom. The molecule has 0 saturated carbocycles. The number of benzene rings is 3. The highest BCUT2D eigenvalue weighted by molar-refractivity contribution is 7.92. The van der Waals surface area contributed by atoms with Crippen LogP contribution in [-0.4, -0.2) is 114 Å². The highest BCUT2D eigenvalue weighted by atomic mass is 35.5. The molecule has 4 saturated heterocycles. The quantitative estimate of drug-likeness (QED) is 0.118. The Hall–Kier alpha value is -5.78. The van der Waals surface area contributed by atoms with Crippen LogP contribution in [0, 0.1) is 12.8 Å². The summed E-state index contributed by atoms with van der Waals surface area (Å²) in [6.45, 7) is 14.0. The molecule has 66 heavy (non-hydrogen) atoms. The first-order valence-electron chi connectivity index (χ1n) is 22.9. The fourth-order valence-corrected chi connectivity index (χ4v) is 11.5. The number of imide groups is 2. The van der Waals surface area contributed by atoms with E-state index < -0.39 is 44.8 Å². The van der Waals surface area contributed by atoms with E-state index >= 15 is 0 Å². The van der Waals surface area contributed by atoms with Gasteiger partial charge in [0.05, 0.1) is 44.9 Å². The maximum Gasteiger partial charge on any atom is 0.262 e. The van der Waals surface area contributed by atoms with Gasteiger partial charge in [-0.3, -0.25) is 34.3 Å². The molecule has 18 heteroatoms. The van der Waals surface area contributed by atoms with Crippen LogP contribution in [0.3, 0.4) is 0 Å². The molecule has 6 heterocycles. The van der Waals surface area contributed by atoms with E-state index in [0.717, 1.165) is 80.2 Å². The number of nitrogens with one attached hydrogen (secondary N) is 3. The summed E-state index contributed by atoms with van der Waals surface area (Å²) in [5.41, 5.74) is 4.79. The number of nitrogens with zero attached hydrogens (tertiary/aromatic N) is 6. The highest BCUT2D eigenvalue weighted by Gasteiger charge is 2.46. The molecule has 0 aliphatic carbocycles. The lowest BCUT2D eigenvalue weighted by molar-refractivity contribution is -0.136. The highest BCUT2D eigenvalue weighted by Crippen LogP contribution is 2.41. The topological polar surface area (TPSA) is 186 Å². The second kappa shape index (κ2) is 18.1. The number of piperazine rings is 1. The Morgan fingerprint density at radius 3 is 2.27 bits per heavy atom. The van der Waals surface area contributed by atoms with Gasteiger partial charge < -0.3 is 25.2 Å². The van der Waals surface area contributed by atoms with Crippen molar-refractivity contribution in [1.82, 2.24) is 25.1 Å². The molecule has 0 spiro atoms. The van der Waals surface area contributed by atoms with Crippen LogP contribution < -0.4 is 30.5 Å². The van der Waals surface area contributed by atoms with Crippen molar-refractivity contribution in [3.8, 4) is 5.75 Å². The van der Waals surface area contributed by atoms with Gasteiger partial charge in [-0.2, -0.15) is 4.98 Å². The number of aryl methyl sites for hydroxylation is 1. The van der Waals surface area contributed by atoms with Gasteiger partial charge in [-0.1, -0.05) is 23.7 Å². The van der Waals surface area contributed by atoms with E-state index in [1.165, 1.54) is 6.20 Å². The van der Waals surface area contributed by atoms with E-state index in [0.29, 0.717) is 46.3 Å². The molecule has 4 amide bonds. The Labute approximate surface area is 390 Å². The number of rotatable bonds is 13. The number of anilines is 6. The van der Waals surface area contributed by atoms with E-state index in [1.807, 2.05) is 32.0 Å². The Balaban J connectivity index is 0.831. The van der Waals surface area contributed by atoms with Crippen molar-refractivity contribution in [3.05, 3.63) is 82.5 Å². The van der Waals surface area contributed by atoms with Gasteiger partial charge in [-0.05, 0) is 115 Å². The second-order valence-corrected chi connectivity index (χ2v) is 21.5. The molecular weight excluding hydrogens is 882 g/mol. The van der Waals surface area contributed by atoms with Crippen molar-refractivity contribution in [2.24, 2.45) is 5.92 Å². The molecule has 3 aromatic carbocycles. The zero-order valence-electron chi connectivity index (χ0n) is 37.8. The lowest BCUT2D eigenvalue weighted by atomic mass is 9.94. The Kier molecular flexibility index (Phi) is 12.5. The molecule has 3 N–H and O–H groups in total. The van der Waals surface area contributed by atoms with Crippen LogP contribution in [0.5, 0.6) is 5.75 Å². The number of piperidine rings is 2. The summed E-state index contributed by atoms with van der Waals surface area (Å²) in [5.74, 6) is -0.238. The molecule has 16 nitrogen and oxygen atoms in total. The van der Waals surface area contributed by atoms with Crippen LogP contribution in [0.15, 0.2) is 65.7 Å². The monoisotopic (exact) mass is 937 g/mol. The summed E-state index contributed by atoms with van der Waals surface area (Å²) >= 11 is 6.54. The third-order valence-corrected chi connectivity index (χ3v) is 16.0. The number of ether oxygens (including phenoxy) is 1. The molecule has 4 fully saturated rings. The zero-order valence-corrected chi connectivity index (χ0v) is 39.4. The standard InChI is InChI=1S/C48H56ClN9O7S/c1-27(2)65-41-22-40(29(5)20-38(41)52-48-50-23-36(49)44(54-48)51-37-8-6-7-9-42(37)66(63,64)28(3)4)56-18-16-30(17-19-56)24-55-25-32-10-11-33(26-55)57(32)31-12-13-34-35(21-31)47(62)58(46(34)61)39-14-15-43(59)53-45(39)60/h6-9,12-13,20-23,27-28,30,32-33,39H,10-11,14-19,24-26H2,1-5H3,(H,53,59,60)(H2,50,51,52,54). The number of hydrogen-bond acceptors (Lipinski definition) is 14. The number of likely N-dealkylation sites (tertiary alicyclic amines) is 1. The number of carbonyl (C=O) groups is 4. The summed E-state index contributed by atoms with van der Waals surface area (Å²) in [7, 11) is -3.59. The second-order valence-electron chi connectivity index (χ2n) is 18.6. The maximum atomic E-state index is 13.6. The summed E-state index contributed by atoms with van der Waals surface area (Å²) in [5, 5.41) is 8.34. The maximum absolute atomic E-state index is 13.6. The van der Waals surface area contributed by atoms with Crippen LogP contribution in [-0.2, 0) is 19.4 Å². The zero-order chi connectivity index (χ0) is 46.6. The summed E-state index contributed by atoms with van der Waals surface area (Å²) < 4.78 is 32.6. The molecule has 348 valence electrons. The fourth-order valence-electron chi connectivity index (χ4n) is 10.2. The first kappa shape index (κ1) is 45.4. The van der Waals surface area contributed by atoms with Crippen molar-refractivity contribution < 1.29 is 32.3 Å². The molecule has 1 aromatic heterocycles. The van der Waals surface area contributed by atoms with Gasteiger partial charge in [-0.15, -0.1) is 0 Å². The van der Waals surface area contributed by atoms with Crippen molar-refractivity contribution in [2.75, 3.05) is 53.2 Å². The van der Waals surface area contributed by atoms with Crippen molar-refractivity contribution >= 4 is 79.6 Å². The molecule has 4 aromatic rings. The lowest BCUT2D eigenvalue weighted by Crippen LogP contribution is -2.55. The van der Waals surface area contributed by atoms with Gasteiger partial charge in [0, 0.05) is 68.7 Å². The van der Waals surface area contributed by atoms with E-state index in [4.69, 9.17) is 16.3 Å². The average Bonchev–Trinajstić information content (AvgIpc) is 3.69. The van der Waals surface area contributed by atoms with Gasteiger partial charge in [0.2, 0.25) is 17.8 Å². The Bertz CT molecular complexity index is 2690. The van der Waals surface area contributed by atoms with Gasteiger partial charge >= 0.3 is 0 Å². The third kappa shape index (κ3) is 8.79. The van der Waals surface area contributed by atoms with E-state index in [1.54, 1.807) is 44.2 Å². The lowest BCUT2D eigenvalue weighted by Gasteiger charge is -2.44. The number of aromatic nitrogens is 2. The van der Waals surface area contributed by atoms with Crippen molar-refractivity contribution in [2.45, 2.75) is 108 Å². The normalized spacial score (nSPS) is 21.5. The third-order valence-electron chi connectivity index (χ3n) is 13.5. The molecule has 0 radical (unpaired) electrons. The number of para-hydroxylation sites is 1. The molecular formula is C48H56ClN9O7S. The minimum absolute atomic E-state index is 0.0859. The minimum Gasteiger partial charge on any atom is -0.489 e. The van der Waals surface area contributed by atoms with E-state index in [9.17, 15) is 27.6 Å². The summed E-state index contributed by atoms with van der Waals surface area (Å²) in [6.07, 6.45) is 5.80. The number of hydrogen-bond donors (Lipinski definition) is 3. The SMILES string of the molecule is Cc1cc(Nc2ncc(Cl)c(Nc3ccccc3S(=O)(=O)C(C)C)n2)c(OC(C)C)cc1N1CCC(CN2CC3CCC(C2)N3c2ccc3c(c2)C(=O)N(C2CCC(=O)NC2=O)C3=O)CC1. The number of amides is 4. The smallest absolute Gasteiger partial charge is 0.262 e. The predicted molar refractivity (Wildman–Crippen MR) is 253 cm³/mol. The predicted octanol–water partition coefficient (Wildman–Crippen LogP) is 6.87. The molecule has 9 rings (SSSR count). The molecule has 2 bridgehead atoms. The van der Waals surface area contributed by atoms with Gasteiger partial charge in [0.1, 0.15) is 16.8 Å². The largest absolute Gasteiger partial charge is 0.489 e. The Morgan fingerprint density at radius 2 is 1.58 bits per heavy atom. The number of sulfone groups is 1. The van der Waals surface area contributed by atoms with Crippen LogP contribution in [0.2, 0.25) is 5.02 Å². The van der Waals surface area contributed by atoms with Crippen LogP contribution in [0.1, 0.15) is 92.5 Å².